The molecule has 4 rings (SSSR count). The Kier molecular flexibility index (Phi) is 3.59. The number of amides is 2. The van der Waals surface area contributed by atoms with Crippen LogP contribution in [0.4, 0.5) is 4.79 Å². The summed E-state index contributed by atoms with van der Waals surface area (Å²) in [6.45, 7) is 3.74. The van der Waals surface area contributed by atoms with Gasteiger partial charge in [0.2, 0.25) is 0 Å². The molecule has 1 aromatic heterocycles. The molecule has 3 N–H and O–H groups in total. The Morgan fingerprint density at radius 3 is 3.30 bits per heavy atom. The topological polar surface area (TPSA) is 79.0 Å². The van der Waals surface area contributed by atoms with Gasteiger partial charge in [-0.1, -0.05) is 6.92 Å². The summed E-state index contributed by atoms with van der Waals surface area (Å²) in [6.07, 6.45) is 9.51. The maximum absolute atomic E-state index is 12.3. The lowest BCUT2D eigenvalue weighted by Crippen LogP contribution is -2.48. The lowest BCUT2D eigenvalue weighted by atomic mass is 9.72. The molecule has 6 nitrogen and oxygen atoms in total. The molecule has 126 valence electrons. The van der Waals surface area contributed by atoms with Crippen molar-refractivity contribution >= 4 is 6.03 Å². The number of carbonyl (C=O) groups excluding carboxylic acids is 1. The molecule has 3 atom stereocenters. The number of fused-ring (bicyclic) bond motifs is 3. The summed E-state index contributed by atoms with van der Waals surface area (Å²) in [5.74, 6) is 0. The predicted molar refractivity (Wildman–Crippen MR) is 86.1 cm³/mol. The SMILES string of the molecule is CC12CCCC(CNC(=O)NC3CCCc4cn[nH]c43)(C1)OC2. The fourth-order valence-electron chi connectivity index (χ4n) is 4.63. The number of nitrogens with one attached hydrogen (secondary N) is 3. The van der Waals surface area contributed by atoms with Crippen molar-refractivity contribution in [2.24, 2.45) is 5.41 Å². The van der Waals surface area contributed by atoms with Crippen molar-refractivity contribution < 1.29 is 9.53 Å². The van der Waals surface area contributed by atoms with Gasteiger partial charge in [0.25, 0.3) is 0 Å². The van der Waals surface area contributed by atoms with Gasteiger partial charge in [-0.25, -0.2) is 4.79 Å². The van der Waals surface area contributed by atoms with Gasteiger partial charge in [-0.05, 0) is 55.9 Å². The van der Waals surface area contributed by atoms with Gasteiger partial charge in [-0.3, -0.25) is 5.10 Å². The van der Waals surface area contributed by atoms with Crippen LogP contribution in [0.5, 0.6) is 0 Å². The number of urea groups is 1. The second-order valence-corrected chi connectivity index (χ2v) is 7.89. The Balaban J connectivity index is 1.33. The van der Waals surface area contributed by atoms with Crippen LogP contribution in [0.25, 0.3) is 0 Å². The van der Waals surface area contributed by atoms with Crippen LogP contribution in [0.1, 0.15) is 62.7 Å². The lowest BCUT2D eigenvalue weighted by Gasteiger charge is -2.35. The summed E-state index contributed by atoms with van der Waals surface area (Å²) in [6, 6.07) is -0.0607. The zero-order chi connectivity index (χ0) is 15.9. The van der Waals surface area contributed by atoms with Crippen molar-refractivity contribution in [3.05, 3.63) is 17.5 Å². The van der Waals surface area contributed by atoms with Crippen LogP contribution < -0.4 is 10.6 Å². The highest BCUT2D eigenvalue weighted by atomic mass is 16.5. The summed E-state index contributed by atoms with van der Waals surface area (Å²) >= 11 is 0. The van der Waals surface area contributed by atoms with Crippen molar-refractivity contribution in [1.29, 1.82) is 0 Å². The number of rotatable bonds is 3. The summed E-state index contributed by atoms with van der Waals surface area (Å²) in [5.41, 5.74) is 2.45. The molecule has 23 heavy (non-hydrogen) atoms. The van der Waals surface area contributed by atoms with Crippen molar-refractivity contribution in [3.63, 3.8) is 0 Å². The minimum Gasteiger partial charge on any atom is -0.373 e. The molecular weight excluding hydrogens is 292 g/mol. The standard InChI is InChI=1S/C17H26N4O2/c1-16-6-3-7-17(9-16,23-11-16)10-18-15(22)20-13-5-2-4-12-8-19-21-14(12)13/h8,13H,2-7,9-11H2,1H3,(H,19,21)(H2,18,20,22). The Labute approximate surface area is 136 Å². The molecule has 0 aromatic carbocycles. The Morgan fingerprint density at radius 1 is 1.48 bits per heavy atom. The first-order valence-electron chi connectivity index (χ1n) is 8.78. The molecule has 2 bridgehead atoms. The number of aromatic amines is 1. The summed E-state index contributed by atoms with van der Waals surface area (Å²) in [4.78, 5) is 12.3. The van der Waals surface area contributed by atoms with E-state index in [1.165, 1.54) is 18.4 Å². The number of ether oxygens (including phenoxy) is 1. The molecular formula is C17H26N4O2. The zero-order valence-corrected chi connectivity index (χ0v) is 13.8. The monoisotopic (exact) mass is 318 g/mol. The average molecular weight is 318 g/mol. The molecule has 2 amide bonds. The van der Waals surface area contributed by atoms with E-state index in [9.17, 15) is 4.79 Å². The second kappa shape index (κ2) is 5.51. The first kappa shape index (κ1) is 15.0. The average Bonchev–Trinajstić information content (AvgIpc) is 3.09. The van der Waals surface area contributed by atoms with Gasteiger partial charge >= 0.3 is 6.03 Å². The number of aryl methyl sites for hydroxylation is 1. The van der Waals surface area contributed by atoms with Gasteiger partial charge in [-0.15, -0.1) is 0 Å². The Morgan fingerprint density at radius 2 is 2.39 bits per heavy atom. The summed E-state index contributed by atoms with van der Waals surface area (Å²) in [5, 5.41) is 13.3. The molecule has 1 aliphatic heterocycles. The minimum atomic E-state index is -0.143. The highest BCUT2D eigenvalue weighted by Gasteiger charge is 2.49. The highest BCUT2D eigenvalue weighted by Crippen LogP contribution is 2.49. The second-order valence-electron chi connectivity index (χ2n) is 7.89. The maximum atomic E-state index is 12.3. The third-order valence-corrected chi connectivity index (χ3v) is 5.80. The first-order valence-corrected chi connectivity index (χ1v) is 8.78. The van der Waals surface area contributed by atoms with Gasteiger partial charge in [0.05, 0.1) is 30.1 Å². The van der Waals surface area contributed by atoms with Crippen molar-refractivity contribution in [2.45, 2.75) is 63.5 Å². The third-order valence-electron chi connectivity index (χ3n) is 5.80. The largest absolute Gasteiger partial charge is 0.373 e. The Bertz CT molecular complexity index is 601. The number of aromatic nitrogens is 2. The molecule has 2 aliphatic carbocycles. The minimum absolute atomic E-state index is 0.0415. The number of nitrogens with zero attached hydrogens (tertiary/aromatic N) is 1. The fraction of sp³-hybridized carbons (Fsp3) is 0.765. The molecule has 0 radical (unpaired) electrons. The van der Waals surface area contributed by atoms with Gasteiger partial charge in [0.1, 0.15) is 0 Å². The smallest absolute Gasteiger partial charge is 0.315 e. The number of hydrogen-bond donors (Lipinski definition) is 3. The summed E-state index contributed by atoms with van der Waals surface area (Å²) in [7, 11) is 0. The van der Waals surface area contributed by atoms with Crippen LogP contribution in [0.2, 0.25) is 0 Å². The van der Waals surface area contributed by atoms with Gasteiger partial charge in [-0.2, -0.15) is 5.10 Å². The lowest BCUT2D eigenvalue weighted by molar-refractivity contribution is 0.00117. The van der Waals surface area contributed by atoms with E-state index in [1.54, 1.807) is 0 Å². The van der Waals surface area contributed by atoms with E-state index in [0.717, 1.165) is 44.4 Å². The molecule has 1 aromatic rings. The normalized spacial score (nSPS) is 35.6. The third kappa shape index (κ3) is 2.84. The zero-order valence-electron chi connectivity index (χ0n) is 13.8. The molecule has 2 fully saturated rings. The summed E-state index contributed by atoms with van der Waals surface area (Å²) < 4.78 is 6.09. The van der Waals surface area contributed by atoms with Crippen LogP contribution in [0.3, 0.4) is 0 Å². The van der Waals surface area contributed by atoms with Crippen LogP contribution in [-0.2, 0) is 11.2 Å². The van der Waals surface area contributed by atoms with Crippen molar-refractivity contribution in [2.75, 3.05) is 13.2 Å². The first-order chi connectivity index (χ1) is 11.1. The van der Waals surface area contributed by atoms with E-state index >= 15 is 0 Å². The molecule has 1 saturated carbocycles. The van der Waals surface area contributed by atoms with E-state index in [1.807, 2.05) is 6.20 Å². The van der Waals surface area contributed by atoms with E-state index in [2.05, 4.69) is 27.8 Å². The fourth-order valence-corrected chi connectivity index (χ4v) is 4.63. The Hall–Kier alpha value is -1.56. The van der Waals surface area contributed by atoms with Crippen LogP contribution >= 0.6 is 0 Å². The predicted octanol–water partition coefficient (Wildman–Crippen LogP) is 2.44. The highest BCUT2D eigenvalue weighted by molar-refractivity contribution is 5.74. The molecule has 2 heterocycles. The molecule has 3 unspecified atom stereocenters. The number of H-pyrrole nitrogens is 1. The number of carbonyl (C=O) groups is 1. The molecule has 1 saturated heterocycles. The quantitative estimate of drug-likeness (QED) is 0.801. The van der Waals surface area contributed by atoms with Crippen molar-refractivity contribution in [1.82, 2.24) is 20.8 Å². The number of hydrogen-bond acceptors (Lipinski definition) is 3. The van der Waals surface area contributed by atoms with E-state index in [4.69, 9.17) is 4.74 Å². The van der Waals surface area contributed by atoms with Gasteiger partial charge in [0, 0.05) is 6.54 Å². The van der Waals surface area contributed by atoms with Gasteiger partial charge < -0.3 is 15.4 Å². The van der Waals surface area contributed by atoms with Crippen molar-refractivity contribution in [3.8, 4) is 0 Å². The molecule has 0 spiro atoms. The molecule has 6 heteroatoms. The van der Waals surface area contributed by atoms with E-state index in [-0.39, 0.29) is 17.7 Å². The van der Waals surface area contributed by atoms with Crippen LogP contribution in [0, 0.1) is 5.41 Å². The van der Waals surface area contributed by atoms with Crippen LogP contribution in [-0.4, -0.2) is 35.0 Å². The van der Waals surface area contributed by atoms with Gasteiger partial charge in [0.15, 0.2) is 0 Å². The van der Waals surface area contributed by atoms with E-state index < -0.39 is 0 Å². The maximum Gasteiger partial charge on any atom is 0.315 e. The van der Waals surface area contributed by atoms with E-state index in [0.29, 0.717) is 12.0 Å². The molecule has 3 aliphatic rings. The van der Waals surface area contributed by atoms with Crippen LogP contribution in [0.15, 0.2) is 6.20 Å².